The van der Waals surface area contributed by atoms with Crippen molar-refractivity contribution in [3.05, 3.63) is 29.8 Å². The summed E-state index contributed by atoms with van der Waals surface area (Å²) in [5, 5.41) is 0. The molecule has 1 rings (SSSR count). The molecule has 0 fully saturated rings. The summed E-state index contributed by atoms with van der Waals surface area (Å²) < 4.78 is 79.5. The molecule has 0 amide bonds. The van der Waals surface area contributed by atoms with Crippen molar-refractivity contribution in [1.29, 1.82) is 0 Å². The van der Waals surface area contributed by atoms with E-state index >= 15 is 0 Å². The fourth-order valence-corrected chi connectivity index (χ4v) is 1.33. The number of halogens is 5. The van der Waals surface area contributed by atoms with Crippen LogP contribution in [0.4, 0.5) is 22.2 Å². The molecule has 0 aromatic heterocycles. The fraction of sp³-hybridized carbons (Fsp3) is 0.143. The molecule has 0 saturated heterocycles. The Hall–Kier alpha value is -1.18. The lowest BCUT2D eigenvalue weighted by Gasteiger charge is -2.10. The molecule has 0 saturated carbocycles. The van der Waals surface area contributed by atoms with Gasteiger partial charge in [-0.2, -0.15) is 13.2 Å². The van der Waals surface area contributed by atoms with Crippen LogP contribution in [0, 0.1) is 0 Å². The largest absolute Gasteiger partial charge is 0.593 e. The van der Waals surface area contributed by atoms with E-state index in [0.717, 1.165) is 0 Å². The van der Waals surface area contributed by atoms with Gasteiger partial charge in [0.2, 0.25) is 0 Å². The second kappa shape index (κ2) is 4.99. The smallest absolute Gasteiger partial charge is 0.401 e. The van der Waals surface area contributed by atoms with Crippen LogP contribution in [-0.2, 0) is 20.2 Å². The first-order valence-electron chi connectivity index (χ1n) is 3.88. The van der Waals surface area contributed by atoms with Crippen molar-refractivity contribution in [3.63, 3.8) is 0 Å². The summed E-state index contributed by atoms with van der Waals surface area (Å²) in [5.41, 5.74) is -1.01. The van der Waals surface area contributed by atoms with Crippen molar-refractivity contribution < 1.29 is 40.8 Å². The maximum Gasteiger partial charge on any atom is 0.593 e. The minimum Gasteiger partial charge on any atom is -0.401 e. The van der Waals surface area contributed by atoms with Crippen LogP contribution in [0.5, 0.6) is 5.75 Å². The Kier molecular flexibility index (Phi) is 4.07. The monoisotopic (exact) mass is 278 g/mol. The third-order valence-corrected chi connectivity index (χ3v) is 2.34. The molecule has 96 valence electrons. The molecule has 10 heteroatoms. The van der Waals surface area contributed by atoms with E-state index in [-0.39, 0.29) is 0 Å². The zero-order chi connectivity index (χ0) is 13.1. The highest BCUT2D eigenvalue weighted by Crippen LogP contribution is 2.50. The van der Waals surface area contributed by atoms with Gasteiger partial charge in [0.15, 0.2) is 0 Å². The number of phosphoric acid groups is 1. The van der Waals surface area contributed by atoms with E-state index in [9.17, 15) is 26.8 Å². The second-order valence-corrected chi connectivity index (χ2v) is 4.05. The third kappa shape index (κ3) is 3.65. The van der Waals surface area contributed by atoms with Gasteiger partial charge < -0.3 is 4.52 Å². The highest BCUT2D eigenvalue weighted by Gasteiger charge is 2.33. The number of rotatable bonds is 4. The summed E-state index contributed by atoms with van der Waals surface area (Å²) in [7, 11) is -5.07. The third-order valence-electron chi connectivity index (χ3n) is 1.57. The lowest BCUT2D eigenvalue weighted by molar-refractivity contribution is -0.137. The van der Waals surface area contributed by atoms with E-state index in [4.69, 9.17) is 0 Å². The number of hydrogen-bond acceptors (Lipinski definition) is 4. The Bertz CT molecular complexity index is 409. The molecule has 0 N–H and O–H groups in total. The molecule has 0 heterocycles. The van der Waals surface area contributed by atoms with Crippen LogP contribution in [0.2, 0.25) is 0 Å². The Labute approximate surface area is 91.3 Å². The molecule has 17 heavy (non-hydrogen) atoms. The van der Waals surface area contributed by atoms with Crippen LogP contribution in [0.15, 0.2) is 24.3 Å². The van der Waals surface area contributed by atoms with Crippen molar-refractivity contribution in [3.8, 4) is 5.75 Å². The molecule has 1 aromatic rings. The summed E-state index contributed by atoms with van der Waals surface area (Å²) in [5.74, 6) is -0.517. The van der Waals surface area contributed by atoms with Gasteiger partial charge >= 0.3 is 14.0 Å². The molecule has 0 aliphatic carbocycles. The molecule has 0 aliphatic heterocycles. The van der Waals surface area contributed by atoms with E-state index in [1.165, 1.54) is 0 Å². The molecule has 1 aromatic carbocycles. The fourth-order valence-electron chi connectivity index (χ4n) is 0.873. The highest BCUT2D eigenvalue weighted by atomic mass is 31.2. The first-order chi connectivity index (χ1) is 7.80. The van der Waals surface area contributed by atoms with Crippen LogP contribution in [-0.4, -0.2) is 0 Å². The average Bonchev–Trinajstić information content (AvgIpc) is 2.28. The molecular formula is C7H4F5O4P. The molecule has 0 atom stereocenters. The quantitative estimate of drug-likeness (QED) is 0.617. The Balaban J connectivity index is 2.86. The van der Waals surface area contributed by atoms with Gasteiger partial charge in [-0.1, -0.05) is 9.46 Å². The van der Waals surface area contributed by atoms with Crippen molar-refractivity contribution in [2.24, 2.45) is 0 Å². The Morgan fingerprint density at radius 2 is 1.47 bits per heavy atom. The van der Waals surface area contributed by atoms with Crippen molar-refractivity contribution in [2.45, 2.75) is 6.18 Å². The number of hydrogen-bond donors (Lipinski definition) is 0. The normalized spacial score (nSPS) is 12.5. The maximum absolute atomic E-state index is 12.1. The molecular weight excluding hydrogens is 274 g/mol. The zero-order valence-corrected chi connectivity index (χ0v) is 8.67. The van der Waals surface area contributed by atoms with Gasteiger partial charge in [-0.15, -0.1) is 0 Å². The highest BCUT2D eigenvalue weighted by molar-refractivity contribution is 7.48. The predicted molar refractivity (Wildman–Crippen MR) is 44.1 cm³/mol. The lowest BCUT2D eigenvalue weighted by atomic mass is 10.2. The van der Waals surface area contributed by atoms with E-state index in [1.807, 2.05) is 0 Å². The van der Waals surface area contributed by atoms with Gasteiger partial charge in [0, 0.05) is 0 Å². The number of alkyl halides is 3. The molecule has 0 radical (unpaired) electrons. The number of benzene rings is 1. The zero-order valence-electron chi connectivity index (χ0n) is 7.78. The van der Waals surface area contributed by atoms with Gasteiger partial charge in [0.25, 0.3) is 0 Å². The standard InChI is InChI=1S/C7H4F5O4P/c8-7(9,10)5-1-3-6(4-2-5)14-17(13,15-11)16-12/h1-4H. The SMILES string of the molecule is O=P(OF)(OF)Oc1ccc(C(F)(F)F)cc1. The minimum atomic E-state index is -5.07. The van der Waals surface area contributed by atoms with E-state index in [2.05, 4.69) is 14.0 Å². The molecule has 0 bridgehead atoms. The van der Waals surface area contributed by atoms with Crippen LogP contribution in [0.1, 0.15) is 5.56 Å². The summed E-state index contributed by atoms with van der Waals surface area (Å²) in [6.07, 6.45) is -4.57. The topological polar surface area (TPSA) is 44.8 Å². The summed E-state index contributed by atoms with van der Waals surface area (Å²) >= 11 is 0. The molecule has 0 aliphatic rings. The van der Waals surface area contributed by atoms with E-state index in [0.29, 0.717) is 24.3 Å². The van der Waals surface area contributed by atoms with E-state index in [1.54, 1.807) is 0 Å². The Morgan fingerprint density at radius 1 is 1.00 bits per heavy atom. The van der Waals surface area contributed by atoms with Gasteiger partial charge in [0.1, 0.15) is 5.75 Å². The summed E-state index contributed by atoms with van der Waals surface area (Å²) in [6.45, 7) is 0. The predicted octanol–water partition coefficient (Wildman–Crippen LogP) is 3.99. The molecule has 4 nitrogen and oxygen atoms in total. The lowest BCUT2D eigenvalue weighted by Crippen LogP contribution is -2.04. The second-order valence-electron chi connectivity index (χ2n) is 2.70. The average molecular weight is 278 g/mol. The van der Waals surface area contributed by atoms with Gasteiger partial charge in [-0.3, -0.25) is 0 Å². The van der Waals surface area contributed by atoms with Crippen LogP contribution in [0.25, 0.3) is 0 Å². The van der Waals surface area contributed by atoms with Gasteiger partial charge in [-0.25, -0.2) is 4.57 Å². The first kappa shape index (κ1) is 13.9. The Morgan fingerprint density at radius 3 is 1.82 bits per heavy atom. The van der Waals surface area contributed by atoms with Gasteiger partial charge in [0.05, 0.1) is 5.56 Å². The summed E-state index contributed by atoms with van der Waals surface area (Å²) in [4.78, 5) is 0. The van der Waals surface area contributed by atoms with Crippen molar-refractivity contribution in [2.75, 3.05) is 0 Å². The van der Waals surface area contributed by atoms with Crippen LogP contribution < -0.4 is 4.52 Å². The van der Waals surface area contributed by atoms with Gasteiger partial charge in [-0.05, 0) is 33.3 Å². The van der Waals surface area contributed by atoms with Crippen LogP contribution >= 0.6 is 7.82 Å². The summed E-state index contributed by atoms with van der Waals surface area (Å²) in [6, 6.07) is 2.54. The minimum absolute atomic E-state index is 0.517. The van der Waals surface area contributed by atoms with Crippen molar-refractivity contribution >= 4 is 7.82 Å². The maximum atomic E-state index is 12.1. The van der Waals surface area contributed by atoms with E-state index < -0.39 is 25.3 Å². The molecule has 0 spiro atoms. The van der Waals surface area contributed by atoms with Crippen molar-refractivity contribution in [1.82, 2.24) is 0 Å². The first-order valence-corrected chi connectivity index (χ1v) is 5.34. The molecule has 0 unspecified atom stereocenters. The van der Waals surface area contributed by atoms with Crippen LogP contribution in [0.3, 0.4) is 0 Å².